The quantitative estimate of drug-likeness (QED) is 0.608. The molecule has 0 saturated heterocycles. The van der Waals surface area contributed by atoms with Gasteiger partial charge in [-0.3, -0.25) is 0 Å². The van der Waals surface area contributed by atoms with Gasteiger partial charge in [0.25, 0.3) is 0 Å². The average molecular weight is 275 g/mol. The zero-order chi connectivity index (χ0) is 15.0. The molecular weight excluding hydrogens is 242 g/mol. The molecule has 20 heavy (non-hydrogen) atoms. The highest BCUT2D eigenvalue weighted by Gasteiger charge is 2.15. The Hall–Kier alpha value is -0.820. The number of rotatable bonds is 8. The molecule has 0 fully saturated rings. The molecule has 0 bridgehead atoms. The third-order valence-corrected chi connectivity index (χ3v) is 3.98. The Morgan fingerprint density at radius 2 is 1.60 bits per heavy atom. The molecule has 0 radical (unpaired) electrons. The van der Waals surface area contributed by atoms with E-state index in [4.69, 9.17) is 0 Å². The maximum atomic E-state index is 3.63. The average Bonchev–Trinajstić information content (AvgIpc) is 2.41. The van der Waals surface area contributed by atoms with E-state index in [0.717, 1.165) is 6.54 Å². The number of nitrogens with one attached hydrogen (secondary N) is 1. The zero-order valence-electron chi connectivity index (χ0n) is 14.1. The van der Waals surface area contributed by atoms with Crippen molar-refractivity contribution in [2.75, 3.05) is 6.54 Å². The van der Waals surface area contributed by atoms with Crippen molar-refractivity contribution in [2.24, 2.45) is 0 Å². The molecule has 1 nitrogen and oxygen atoms in total. The molecule has 1 aromatic rings. The Morgan fingerprint density at radius 3 is 2.10 bits per heavy atom. The number of benzene rings is 1. The Kier molecular flexibility index (Phi) is 7.29. The van der Waals surface area contributed by atoms with E-state index in [0.29, 0.717) is 6.04 Å². The Bertz CT molecular complexity index is 358. The summed E-state index contributed by atoms with van der Waals surface area (Å²) in [7, 11) is 0. The van der Waals surface area contributed by atoms with Gasteiger partial charge in [0, 0.05) is 6.04 Å². The second-order valence-corrected chi connectivity index (χ2v) is 6.83. The molecule has 0 heterocycles. The van der Waals surface area contributed by atoms with Gasteiger partial charge in [-0.25, -0.2) is 0 Å². The molecule has 0 aliphatic heterocycles. The van der Waals surface area contributed by atoms with Crippen molar-refractivity contribution >= 4 is 0 Å². The minimum absolute atomic E-state index is 0.243. The van der Waals surface area contributed by atoms with Gasteiger partial charge in [0.2, 0.25) is 0 Å². The van der Waals surface area contributed by atoms with Crippen LogP contribution in [0, 0.1) is 0 Å². The van der Waals surface area contributed by atoms with Crippen LogP contribution in [0.4, 0.5) is 0 Å². The predicted octanol–water partition coefficient (Wildman–Crippen LogP) is 5.61. The largest absolute Gasteiger partial charge is 0.310 e. The second-order valence-electron chi connectivity index (χ2n) is 6.83. The van der Waals surface area contributed by atoms with Crippen LogP contribution >= 0.6 is 0 Å². The normalized spacial score (nSPS) is 13.4. The van der Waals surface area contributed by atoms with Gasteiger partial charge in [-0.15, -0.1) is 0 Å². The van der Waals surface area contributed by atoms with Crippen molar-refractivity contribution < 1.29 is 0 Å². The first-order chi connectivity index (χ1) is 9.49. The Balaban J connectivity index is 2.66. The molecule has 0 spiro atoms. The molecule has 0 aliphatic rings. The summed E-state index contributed by atoms with van der Waals surface area (Å²) in [6, 6.07) is 9.74. The highest BCUT2D eigenvalue weighted by molar-refractivity contribution is 5.29. The van der Waals surface area contributed by atoms with E-state index in [1.54, 1.807) is 0 Å². The predicted molar refractivity (Wildman–Crippen MR) is 90.3 cm³/mol. The van der Waals surface area contributed by atoms with Crippen LogP contribution in [0.25, 0.3) is 0 Å². The maximum Gasteiger partial charge on any atom is 0.0320 e. The van der Waals surface area contributed by atoms with Crippen LogP contribution in [-0.2, 0) is 5.41 Å². The van der Waals surface area contributed by atoms with Gasteiger partial charge < -0.3 is 5.32 Å². The lowest BCUT2D eigenvalue weighted by atomic mass is 9.86. The topological polar surface area (TPSA) is 12.0 Å². The van der Waals surface area contributed by atoms with Gasteiger partial charge in [-0.1, -0.05) is 84.6 Å². The van der Waals surface area contributed by atoms with Gasteiger partial charge >= 0.3 is 0 Å². The molecule has 0 aliphatic carbocycles. The third-order valence-electron chi connectivity index (χ3n) is 3.98. The fourth-order valence-corrected chi connectivity index (χ4v) is 2.62. The van der Waals surface area contributed by atoms with Crippen LogP contribution in [-0.4, -0.2) is 6.54 Å². The molecular formula is C19H33N. The summed E-state index contributed by atoms with van der Waals surface area (Å²) >= 11 is 0. The van der Waals surface area contributed by atoms with E-state index in [9.17, 15) is 0 Å². The van der Waals surface area contributed by atoms with Gasteiger partial charge in [0.15, 0.2) is 0 Å². The molecule has 1 atom stereocenters. The minimum Gasteiger partial charge on any atom is -0.310 e. The Morgan fingerprint density at radius 1 is 0.950 bits per heavy atom. The summed E-state index contributed by atoms with van der Waals surface area (Å²) in [5.41, 5.74) is 3.10. The van der Waals surface area contributed by atoms with Crippen molar-refractivity contribution in [1.29, 1.82) is 0 Å². The van der Waals surface area contributed by atoms with Crippen LogP contribution in [0.5, 0.6) is 0 Å². The molecule has 0 amide bonds. The summed E-state index contributed by atoms with van der Waals surface area (Å²) in [5.74, 6) is 0. The van der Waals surface area contributed by atoms with E-state index in [1.807, 2.05) is 0 Å². The van der Waals surface area contributed by atoms with Crippen LogP contribution in [0.2, 0.25) is 0 Å². The lowest BCUT2D eigenvalue weighted by molar-refractivity contribution is 0.481. The van der Waals surface area contributed by atoms with Gasteiger partial charge in [-0.2, -0.15) is 0 Å². The second kappa shape index (κ2) is 8.46. The monoisotopic (exact) mass is 275 g/mol. The van der Waals surface area contributed by atoms with Gasteiger partial charge in [-0.05, 0) is 29.5 Å². The fourth-order valence-electron chi connectivity index (χ4n) is 2.62. The number of hydrogen-bond donors (Lipinski definition) is 1. The van der Waals surface area contributed by atoms with E-state index in [-0.39, 0.29) is 5.41 Å². The molecule has 0 aromatic heterocycles. The van der Waals surface area contributed by atoms with Crippen molar-refractivity contribution in [3.05, 3.63) is 35.4 Å². The van der Waals surface area contributed by atoms with E-state index >= 15 is 0 Å². The number of hydrogen-bond acceptors (Lipinski definition) is 1. The first-order valence-corrected chi connectivity index (χ1v) is 8.32. The molecule has 1 heteroatoms. The maximum absolute atomic E-state index is 3.63. The van der Waals surface area contributed by atoms with E-state index in [2.05, 4.69) is 64.2 Å². The van der Waals surface area contributed by atoms with Gasteiger partial charge in [0.1, 0.15) is 0 Å². The first-order valence-electron chi connectivity index (χ1n) is 8.32. The number of unbranched alkanes of at least 4 members (excludes halogenated alkanes) is 3. The molecule has 114 valence electrons. The molecule has 1 N–H and O–H groups in total. The SMILES string of the molecule is CCCCCCC(NCC)c1ccc(C(C)(C)C)cc1. The summed E-state index contributed by atoms with van der Waals surface area (Å²) in [6.07, 6.45) is 6.61. The van der Waals surface area contributed by atoms with Crippen molar-refractivity contribution in [2.45, 2.75) is 78.2 Å². The van der Waals surface area contributed by atoms with Crippen molar-refractivity contribution in [3.8, 4) is 0 Å². The summed E-state index contributed by atoms with van der Waals surface area (Å²) in [6.45, 7) is 12.3. The smallest absolute Gasteiger partial charge is 0.0320 e. The van der Waals surface area contributed by atoms with Crippen LogP contribution < -0.4 is 5.32 Å². The first kappa shape index (κ1) is 17.2. The van der Waals surface area contributed by atoms with E-state index in [1.165, 1.54) is 43.2 Å². The lowest BCUT2D eigenvalue weighted by Crippen LogP contribution is -2.21. The van der Waals surface area contributed by atoms with Crippen LogP contribution in [0.15, 0.2) is 24.3 Å². The molecule has 1 unspecified atom stereocenters. The summed E-state index contributed by atoms with van der Waals surface area (Å²) < 4.78 is 0. The van der Waals surface area contributed by atoms with Crippen LogP contribution in [0.3, 0.4) is 0 Å². The highest BCUT2D eigenvalue weighted by atomic mass is 14.9. The Labute approximate surface area is 126 Å². The van der Waals surface area contributed by atoms with Crippen LogP contribution in [0.1, 0.15) is 83.9 Å². The fraction of sp³-hybridized carbons (Fsp3) is 0.684. The molecule has 1 aromatic carbocycles. The zero-order valence-corrected chi connectivity index (χ0v) is 14.1. The summed E-state index contributed by atoms with van der Waals surface area (Å²) in [5, 5.41) is 3.63. The molecule has 1 rings (SSSR count). The summed E-state index contributed by atoms with van der Waals surface area (Å²) in [4.78, 5) is 0. The third kappa shape index (κ3) is 5.66. The lowest BCUT2D eigenvalue weighted by Gasteiger charge is -2.22. The molecule has 0 saturated carbocycles. The van der Waals surface area contributed by atoms with Crippen molar-refractivity contribution in [3.63, 3.8) is 0 Å². The van der Waals surface area contributed by atoms with Crippen molar-refractivity contribution in [1.82, 2.24) is 5.32 Å². The highest BCUT2D eigenvalue weighted by Crippen LogP contribution is 2.26. The standard InChI is InChI=1S/C19H33N/c1-6-8-9-10-11-18(20-7-2)16-12-14-17(15-13-16)19(3,4)5/h12-15,18,20H,6-11H2,1-5H3. The van der Waals surface area contributed by atoms with E-state index < -0.39 is 0 Å². The van der Waals surface area contributed by atoms with Gasteiger partial charge in [0.05, 0.1) is 0 Å². The minimum atomic E-state index is 0.243.